The maximum Gasteiger partial charge on any atom is 0.189 e. The fraction of sp³-hybridized carbons (Fsp3) is 0.318. The zero-order valence-electron chi connectivity index (χ0n) is 15.8. The fourth-order valence-corrected chi connectivity index (χ4v) is 4.51. The molecule has 1 aliphatic carbocycles. The average Bonchev–Trinajstić information content (AvgIpc) is 3.08. The monoisotopic (exact) mass is 443 g/mol. The summed E-state index contributed by atoms with van der Waals surface area (Å²) in [4.78, 5) is 14.6. The lowest BCUT2D eigenvalue weighted by Crippen LogP contribution is -2.32. The second-order valence-electron chi connectivity index (χ2n) is 7.17. The summed E-state index contributed by atoms with van der Waals surface area (Å²) in [6.07, 6.45) is 0.914. The minimum Gasteiger partial charge on any atom is -0.497 e. The molecule has 146 valence electrons. The third-order valence-electron chi connectivity index (χ3n) is 5.65. The van der Waals surface area contributed by atoms with E-state index in [1.807, 2.05) is 43.4 Å². The van der Waals surface area contributed by atoms with E-state index in [0.29, 0.717) is 17.1 Å². The first-order valence-electron chi connectivity index (χ1n) is 9.25. The van der Waals surface area contributed by atoms with Crippen molar-refractivity contribution in [1.29, 1.82) is 0 Å². The Kier molecular flexibility index (Phi) is 5.27. The van der Waals surface area contributed by atoms with Gasteiger partial charge < -0.3 is 19.2 Å². The van der Waals surface area contributed by atoms with E-state index in [2.05, 4.69) is 20.8 Å². The van der Waals surface area contributed by atoms with E-state index in [1.54, 1.807) is 13.2 Å². The third-order valence-corrected chi connectivity index (χ3v) is 6.34. The van der Waals surface area contributed by atoms with Crippen molar-refractivity contribution < 1.29 is 14.3 Å². The Labute approximate surface area is 172 Å². The van der Waals surface area contributed by atoms with Crippen LogP contribution in [0.15, 0.2) is 56.1 Å². The Morgan fingerprint density at radius 1 is 1.21 bits per heavy atom. The summed E-state index contributed by atoms with van der Waals surface area (Å²) < 4.78 is 12.5. The van der Waals surface area contributed by atoms with E-state index in [9.17, 15) is 9.90 Å². The van der Waals surface area contributed by atoms with Crippen molar-refractivity contribution in [2.75, 3.05) is 27.3 Å². The van der Waals surface area contributed by atoms with Crippen LogP contribution in [0.2, 0.25) is 0 Å². The molecule has 1 saturated heterocycles. The number of rotatable bonds is 4. The number of fused-ring (bicyclic) bond motifs is 1. The molecule has 0 radical (unpaired) electrons. The first kappa shape index (κ1) is 19.2. The molecule has 0 bridgehead atoms. The second kappa shape index (κ2) is 7.70. The van der Waals surface area contributed by atoms with Crippen LogP contribution in [0, 0.1) is 0 Å². The van der Waals surface area contributed by atoms with Gasteiger partial charge in [0.2, 0.25) is 0 Å². The van der Waals surface area contributed by atoms with Crippen molar-refractivity contribution in [3.05, 3.63) is 62.7 Å². The number of aliphatic hydroxyl groups is 1. The Morgan fingerprint density at radius 2 is 2.04 bits per heavy atom. The number of hydrogen-bond acceptors (Lipinski definition) is 5. The Morgan fingerprint density at radius 3 is 2.79 bits per heavy atom. The number of hydrogen-bond donors (Lipinski definition) is 1. The molecule has 4 rings (SSSR count). The van der Waals surface area contributed by atoms with E-state index in [-0.39, 0.29) is 24.0 Å². The Hall–Kier alpha value is -2.15. The number of methoxy groups -OCH3 is 1. The minimum absolute atomic E-state index is 0.0168. The van der Waals surface area contributed by atoms with Crippen molar-refractivity contribution in [2.24, 2.45) is 0 Å². The molecule has 6 heteroatoms. The number of likely N-dealkylation sites (tertiary alicyclic amines) is 1. The predicted octanol–water partition coefficient (Wildman–Crippen LogP) is 3.96. The van der Waals surface area contributed by atoms with E-state index >= 15 is 0 Å². The van der Waals surface area contributed by atoms with Gasteiger partial charge >= 0.3 is 0 Å². The molecule has 3 aliphatic rings. The number of benzene rings is 2. The van der Waals surface area contributed by atoms with Crippen LogP contribution in [0.1, 0.15) is 17.9 Å². The van der Waals surface area contributed by atoms with Crippen molar-refractivity contribution in [1.82, 2.24) is 4.90 Å². The highest BCUT2D eigenvalue weighted by Crippen LogP contribution is 2.40. The van der Waals surface area contributed by atoms with Crippen LogP contribution in [0.5, 0.6) is 5.75 Å². The lowest BCUT2D eigenvalue weighted by atomic mass is 9.88. The zero-order chi connectivity index (χ0) is 19.8. The highest BCUT2D eigenvalue weighted by Gasteiger charge is 2.35. The maximum atomic E-state index is 12.4. The van der Waals surface area contributed by atoms with Crippen LogP contribution < -0.4 is 10.2 Å². The molecule has 5 nitrogen and oxygen atoms in total. The van der Waals surface area contributed by atoms with Gasteiger partial charge in [-0.05, 0) is 56.4 Å². The molecule has 1 aromatic carbocycles. The molecule has 2 heterocycles. The summed E-state index contributed by atoms with van der Waals surface area (Å²) in [5, 5.41) is 9.87. The molecular formula is C22H22BrNO4. The summed E-state index contributed by atoms with van der Waals surface area (Å²) in [6.45, 7) is 0.973. The van der Waals surface area contributed by atoms with Gasteiger partial charge in [0.1, 0.15) is 17.3 Å². The molecule has 0 saturated carbocycles. The summed E-state index contributed by atoms with van der Waals surface area (Å²) in [5.74, 6) is 2.09. The Bertz CT molecular complexity index is 1030. The Balaban J connectivity index is 1.89. The normalized spacial score (nSPS) is 20.0. The molecule has 1 aromatic rings. The van der Waals surface area contributed by atoms with Gasteiger partial charge in [0.05, 0.1) is 19.3 Å². The van der Waals surface area contributed by atoms with Crippen LogP contribution in [-0.2, 0) is 0 Å². The maximum absolute atomic E-state index is 12.4. The van der Waals surface area contributed by atoms with Gasteiger partial charge in [-0.15, -0.1) is 0 Å². The van der Waals surface area contributed by atoms with Crippen LogP contribution in [0.3, 0.4) is 0 Å². The topological polar surface area (TPSA) is 62.9 Å². The van der Waals surface area contributed by atoms with Gasteiger partial charge in [-0.1, -0.05) is 22.0 Å². The van der Waals surface area contributed by atoms with Crippen molar-refractivity contribution >= 4 is 15.9 Å². The van der Waals surface area contributed by atoms with Gasteiger partial charge in [0.25, 0.3) is 0 Å². The summed E-state index contributed by atoms with van der Waals surface area (Å²) >= 11 is 3.57. The van der Waals surface area contributed by atoms with E-state index < -0.39 is 0 Å². The quantitative estimate of drug-likeness (QED) is 0.660. The molecule has 2 aliphatic heterocycles. The van der Waals surface area contributed by atoms with Crippen molar-refractivity contribution in [3.8, 4) is 28.4 Å². The fourth-order valence-electron chi connectivity index (χ4n) is 4.07. The number of likely N-dealkylation sites (N-methyl/N-ethyl adjacent to an activating group) is 1. The molecular weight excluding hydrogens is 422 g/mol. The van der Waals surface area contributed by atoms with Crippen LogP contribution in [0.4, 0.5) is 0 Å². The number of aliphatic hydroxyl groups excluding tert-OH is 1. The summed E-state index contributed by atoms with van der Waals surface area (Å²) in [5.41, 5.74) is 2.32. The lowest BCUT2D eigenvalue weighted by molar-refractivity contribution is 0.172. The lowest BCUT2D eigenvalue weighted by Gasteiger charge is -2.24. The highest BCUT2D eigenvalue weighted by atomic mass is 79.9. The molecule has 0 spiro atoms. The molecule has 28 heavy (non-hydrogen) atoms. The zero-order valence-corrected chi connectivity index (χ0v) is 17.4. The van der Waals surface area contributed by atoms with Gasteiger partial charge in [-0.3, -0.25) is 4.79 Å². The second-order valence-corrected chi connectivity index (χ2v) is 8.02. The first-order valence-corrected chi connectivity index (χ1v) is 10.0. The summed E-state index contributed by atoms with van der Waals surface area (Å²) in [7, 11) is 3.64. The molecule has 1 fully saturated rings. The average molecular weight is 444 g/mol. The van der Waals surface area contributed by atoms with Crippen LogP contribution in [-0.4, -0.2) is 43.4 Å². The molecule has 2 atom stereocenters. The highest BCUT2D eigenvalue weighted by molar-refractivity contribution is 9.10. The number of ether oxygens (including phenoxy) is 1. The van der Waals surface area contributed by atoms with Crippen molar-refractivity contribution in [2.45, 2.75) is 18.4 Å². The van der Waals surface area contributed by atoms with Gasteiger partial charge in [-0.25, -0.2) is 0 Å². The first-order chi connectivity index (χ1) is 13.5. The van der Waals surface area contributed by atoms with Crippen LogP contribution >= 0.6 is 15.9 Å². The van der Waals surface area contributed by atoms with Crippen LogP contribution in [0.25, 0.3) is 22.6 Å². The molecule has 1 N–H and O–H groups in total. The number of halogens is 1. The molecule has 0 aromatic heterocycles. The minimum atomic E-state index is -0.0642. The molecule has 2 unspecified atom stereocenters. The standard InChI is InChI=1S/C22H22BrNO4/c1-24-10-9-14(19(24)12-25)15-4-7-20(26)16-5-8-21(28-22(15)16)17-11-13(27-2)3-6-18(17)23/h3-8,11,14,19,25H,9-10,12H2,1-2H3. The largest absolute Gasteiger partial charge is 0.497 e. The van der Waals surface area contributed by atoms with Gasteiger partial charge in [0.15, 0.2) is 5.43 Å². The van der Waals surface area contributed by atoms with Gasteiger partial charge in [-0.2, -0.15) is 0 Å². The summed E-state index contributed by atoms with van der Waals surface area (Å²) in [6, 6.07) is 12.8. The SMILES string of the molecule is COc1ccc(Br)c(-c2ccc3c(=O)ccc(C4CCN(C)C4CO)c-3o2)c1. The predicted molar refractivity (Wildman–Crippen MR) is 112 cm³/mol. The molecule has 0 amide bonds. The van der Waals surface area contributed by atoms with E-state index in [0.717, 1.165) is 34.3 Å². The van der Waals surface area contributed by atoms with E-state index in [1.165, 1.54) is 0 Å². The number of nitrogens with zero attached hydrogens (tertiary/aromatic N) is 1. The van der Waals surface area contributed by atoms with Gasteiger partial charge in [0, 0.05) is 27.6 Å². The smallest absolute Gasteiger partial charge is 0.189 e. The van der Waals surface area contributed by atoms with Crippen molar-refractivity contribution in [3.63, 3.8) is 0 Å². The third kappa shape index (κ3) is 3.26. The van der Waals surface area contributed by atoms with E-state index in [4.69, 9.17) is 9.15 Å².